The summed E-state index contributed by atoms with van der Waals surface area (Å²) in [6.45, 7) is 13.6. The molecule has 0 bridgehead atoms. The van der Waals surface area contributed by atoms with Crippen LogP contribution in [0.1, 0.15) is 71.0 Å². The Kier molecular flexibility index (Phi) is 4.36. The number of nitrogens with zero attached hydrogens (tertiary/aromatic N) is 1. The zero-order chi connectivity index (χ0) is 14.2. The van der Waals surface area contributed by atoms with Crippen molar-refractivity contribution in [3.8, 4) is 0 Å². The van der Waals surface area contributed by atoms with Crippen LogP contribution in [0.2, 0.25) is 0 Å². The van der Waals surface area contributed by atoms with E-state index in [-0.39, 0.29) is 5.54 Å². The third-order valence-electron chi connectivity index (χ3n) is 4.25. The van der Waals surface area contributed by atoms with Crippen LogP contribution >= 0.6 is 11.3 Å². The van der Waals surface area contributed by atoms with Crippen LogP contribution in [0.3, 0.4) is 0 Å². The second-order valence-corrected chi connectivity index (χ2v) is 7.88. The number of rotatable bonds is 5. The minimum absolute atomic E-state index is 0.154. The minimum Gasteiger partial charge on any atom is -0.303 e. The van der Waals surface area contributed by atoms with Gasteiger partial charge in [-0.05, 0) is 44.4 Å². The van der Waals surface area contributed by atoms with Gasteiger partial charge in [0.1, 0.15) is 5.01 Å². The molecule has 2 nitrogen and oxygen atoms in total. The predicted octanol–water partition coefficient (Wildman–Crippen LogP) is 4.53. The molecule has 2 rings (SSSR count). The summed E-state index contributed by atoms with van der Waals surface area (Å²) >= 11 is 1.84. The van der Waals surface area contributed by atoms with Gasteiger partial charge in [0.05, 0.1) is 11.2 Å². The molecule has 0 unspecified atom stereocenters. The molecule has 1 aromatic rings. The highest BCUT2D eigenvalue weighted by atomic mass is 32.1. The molecule has 0 amide bonds. The van der Waals surface area contributed by atoms with Gasteiger partial charge in [-0.15, -0.1) is 11.3 Å². The van der Waals surface area contributed by atoms with E-state index in [0.717, 1.165) is 11.8 Å². The molecule has 0 radical (unpaired) electrons. The zero-order valence-electron chi connectivity index (χ0n) is 13.2. The second kappa shape index (κ2) is 5.53. The molecule has 1 aliphatic carbocycles. The molecule has 1 N–H and O–H groups in total. The molecule has 3 heteroatoms. The van der Waals surface area contributed by atoms with Crippen molar-refractivity contribution < 1.29 is 0 Å². The molecular weight excluding hydrogens is 252 g/mol. The van der Waals surface area contributed by atoms with E-state index >= 15 is 0 Å². The van der Waals surface area contributed by atoms with Crippen LogP contribution in [0, 0.1) is 11.8 Å². The number of aromatic nitrogens is 1. The Morgan fingerprint density at radius 2 is 1.84 bits per heavy atom. The van der Waals surface area contributed by atoms with Gasteiger partial charge < -0.3 is 5.32 Å². The van der Waals surface area contributed by atoms with E-state index in [0.29, 0.717) is 12.0 Å². The summed E-state index contributed by atoms with van der Waals surface area (Å²) < 4.78 is 0. The van der Waals surface area contributed by atoms with E-state index in [1.165, 1.54) is 23.5 Å². The van der Waals surface area contributed by atoms with Crippen molar-refractivity contribution in [1.29, 1.82) is 0 Å². The Balaban J connectivity index is 2.19. The van der Waals surface area contributed by atoms with Crippen LogP contribution in [0.4, 0.5) is 0 Å². The van der Waals surface area contributed by atoms with Gasteiger partial charge in [-0.1, -0.05) is 27.7 Å². The number of nitrogens with one attached hydrogen (secondary N) is 1. The normalized spacial score (nSPS) is 27.3. The number of hydrogen-bond donors (Lipinski definition) is 1. The van der Waals surface area contributed by atoms with Crippen LogP contribution in [-0.4, -0.2) is 11.0 Å². The second-order valence-electron chi connectivity index (χ2n) is 7.03. The highest BCUT2D eigenvalue weighted by molar-refractivity contribution is 7.09. The third-order valence-corrected chi connectivity index (χ3v) is 5.32. The summed E-state index contributed by atoms with van der Waals surface area (Å²) in [7, 11) is 0. The third kappa shape index (κ3) is 3.03. The van der Waals surface area contributed by atoms with Gasteiger partial charge in [0, 0.05) is 11.4 Å². The van der Waals surface area contributed by atoms with Crippen molar-refractivity contribution in [2.45, 2.75) is 71.9 Å². The van der Waals surface area contributed by atoms with E-state index in [4.69, 9.17) is 4.98 Å². The molecular formula is C16H28N2S. The molecule has 1 saturated carbocycles. The zero-order valence-corrected chi connectivity index (χ0v) is 14.0. The van der Waals surface area contributed by atoms with E-state index in [1.807, 2.05) is 11.3 Å². The Morgan fingerprint density at radius 1 is 1.21 bits per heavy atom. The van der Waals surface area contributed by atoms with Crippen LogP contribution in [0.15, 0.2) is 5.38 Å². The molecule has 1 aromatic heterocycles. The molecule has 0 aromatic carbocycles. The lowest BCUT2D eigenvalue weighted by Gasteiger charge is -2.50. The van der Waals surface area contributed by atoms with Crippen LogP contribution in [-0.2, 0) is 5.54 Å². The first kappa shape index (κ1) is 15.0. The summed E-state index contributed by atoms with van der Waals surface area (Å²) in [5.74, 6) is 2.16. The van der Waals surface area contributed by atoms with Gasteiger partial charge in [0.15, 0.2) is 0 Å². The smallest absolute Gasteiger partial charge is 0.113 e. The van der Waals surface area contributed by atoms with Crippen LogP contribution < -0.4 is 5.32 Å². The highest BCUT2D eigenvalue weighted by Crippen LogP contribution is 2.50. The quantitative estimate of drug-likeness (QED) is 0.857. The predicted molar refractivity (Wildman–Crippen MR) is 83.7 cm³/mol. The van der Waals surface area contributed by atoms with E-state index in [1.54, 1.807) is 0 Å². The van der Waals surface area contributed by atoms with Gasteiger partial charge in [-0.2, -0.15) is 0 Å². The summed E-state index contributed by atoms with van der Waals surface area (Å²) in [6.07, 6.45) is 2.49. The Bertz CT molecular complexity index is 414. The average Bonchev–Trinajstić information content (AvgIpc) is 2.71. The first-order chi connectivity index (χ1) is 8.84. The first-order valence-electron chi connectivity index (χ1n) is 7.57. The summed E-state index contributed by atoms with van der Waals surface area (Å²) in [6, 6.07) is 0.513. The first-order valence-corrected chi connectivity index (χ1v) is 8.45. The Hall–Kier alpha value is -0.410. The molecule has 19 heavy (non-hydrogen) atoms. The van der Waals surface area contributed by atoms with E-state index in [2.05, 4.69) is 52.2 Å². The maximum absolute atomic E-state index is 4.91. The van der Waals surface area contributed by atoms with Crippen LogP contribution in [0.25, 0.3) is 0 Å². The molecule has 0 aliphatic heterocycles. The fourth-order valence-electron chi connectivity index (χ4n) is 2.98. The molecule has 0 spiro atoms. The van der Waals surface area contributed by atoms with Gasteiger partial charge in [0.25, 0.3) is 0 Å². The lowest BCUT2D eigenvalue weighted by molar-refractivity contribution is 0.0597. The molecule has 1 fully saturated rings. The molecule has 1 heterocycles. The molecule has 108 valence electrons. The van der Waals surface area contributed by atoms with Crippen molar-refractivity contribution in [3.05, 3.63) is 16.1 Å². The van der Waals surface area contributed by atoms with Crippen molar-refractivity contribution in [2.75, 3.05) is 0 Å². The summed E-state index contributed by atoms with van der Waals surface area (Å²) in [5.41, 5.74) is 1.40. The van der Waals surface area contributed by atoms with Crippen molar-refractivity contribution in [3.63, 3.8) is 0 Å². The lowest BCUT2D eigenvalue weighted by atomic mass is 9.64. The SMILES string of the molecule is CC(C)NC1(c2nc(C(C)C)cs2)CC(C(C)C)C1. The minimum atomic E-state index is 0.154. The summed E-state index contributed by atoms with van der Waals surface area (Å²) in [4.78, 5) is 4.91. The number of hydrogen-bond acceptors (Lipinski definition) is 3. The molecule has 0 atom stereocenters. The maximum atomic E-state index is 4.91. The Morgan fingerprint density at radius 3 is 2.26 bits per heavy atom. The number of thiazole rings is 1. The van der Waals surface area contributed by atoms with Gasteiger partial charge in [-0.25, -0.2) is 4.98 Å². The monoisotopic (exact) mass is 280 g/mol. The highest BCUT2D eigenvalue weighted by Gasteiger charge is 2.48. The fraction of sp³-hybridized carbons (Fsp3) is 0.812. The molecule has 1 aliphatic rings. The van der Waals surface area contributed by atoms with Gasteiger partial charge in [-0.3, -0.25) is 0 Å². The fourth-order valence-corrected chi connectivity index (χ4v) is 4.15. The Labute approximate surface area is 122 Å². The summed E-state index contributed by atoms with van der Waals surface area (Å²) in [5, 5.41) is 7.34. The average molecular weight is 280 g/mol. The largest absolute Gasteiger partial charge is 0.303 e. The van der Waals surface area contributed by atoms with Crippen molar-refractivity contribution >= 4 is 11.3 Å². The van der Waals surface area contributed by atoms with E-state index in [9.17, 15) is 0 Å². The standard InChI is InChI=1S/C16H28N2S/c1-10(2)13-7-16(8-13,18-12(5)6)15-17-14(9-19-15)11(3)4/h9-13,18H,7-8H2,1-6H3. The van der Waals surface area contributed by atoms with Gasteiger partial charge in [0.2, 0.25) is 0 Å². The lowest BCUT2D eigenvalue weighted by Crippen LogP contribution is -2.55. The molecule has 0 saturated heterocycles. The van der Waals surface area contributed by atoms with E-state index < -0.39 is 0 Å². The van der Waals surface area contributed by atoms with Gasteiger partial charge >= 0.3 is 0 Å². The van der Waals surface area contributed by atoms with Crippen LogP contribution in [0.5, 0.6) is 0 Å². The maximum Gasteiger partial charge on any atom is 0.113 e. The van der Waals surface area contributed by atoms with Crippen molar-refractivity contribution in [2.24, 2.45) is 11.8 Å². The van der Waals surface area contributed by atoms with Crippen molar-refractivity contribution in [1.82, 2.24) is 10.3 Å². The topological polar surface area (TPSA) is 24.9 Å².